The molecule has 0 saturated heterocycles. The van der Waals surface area contributed by atoms with Gasteiger partial charge in [0.05, 0.1) is 0 Å². The molecule has 2 aliphatic carbocycles. The maximum Gasteiger partial charge on any atom is 0.238 e. The van der Waals surface area contributed by atoms with Crippen LogP contribution < -0.4 is 5.32 Å². The monoisotopic (exact) mass is 266 g/mol. The first-order valence-electron chi connectivity index (χ1n) is 7.74. The zero-order chi connectivity index (χ0) is 13.9. The van der Waals surface area contributed by atoms with Crippen LogP contribution in [0, 0.1) is 5.41 Å². The van der Waals surface area contributed by atoms with Crippen LogP contribution in [0.4, 0.5) is 0 Å². The van der Waals surface area contributed by atoms with Crippen molar-refractivity contribution in [2.45, 2.75) is 64.8 Å². The van der Waals surface area contributed by atoms with Crippen molar-refractivity contribution in [2.24, 2.45) is 5.41 Å². The van der Waals surface area contributed by atoms with E-state index in [4.69, 9.17) is 0 Å². The van der Waals surface area contributed by atoms with E-state index < -0.39 is 5.41 Å². The lowest BCUT2D eigenvalue weighted by molar-refractivity contribution is -0.144. The van der Waals surface area contributed by atoms with E-state index in [1.807, 2.05) is 13.8 Å². The zero-order valence-electron chi connectivity index (χ0n) is 12.2. The van der Waals surface area contributed by atoms with E-state index in [0.29, 0.717) is 19.1 Å². The van der Waals surface area contributed by atoms with Crippen molar-refractivity contribution in [3.8, 4) is 0 Å². The Labute approximate surface area is 115 Å². The summed E-state index contributed by atoms with van der Waals surface area (Å²) in [5.41, 5.74) is -0.719. The number of nitrogens with one attached hydrogen (secondary N) is 1. The third-order valence-electron chi connectivity index (χ3n) is 4.59. The van der Waals surface area contributed by atoms with Gasteiger partial charge in [-0.25, -0.2) is 0 Å². The Hall–Kier alpha value is -1.06. The first-order chi connectivity index (χ1) is 9.14. The fraction of sp³-hybridized carbons (Fsp3) is 0.867. The number of rotatable bonds is 5. The van der Waals surface area contributed by atoms with E-state index >= 15 is 0 Å². The summed E-state index contributed by atoms with van der Waals surface area (Å²) < 4.78 is 0. The van der Waals surface area contributed by atoms with E-state index in [0.717, 1.165) is 25.7 Å². The van der Waals surface area contributed by atoms with E-state index in [-0.39, 0.29) is 11.8 Å². The molecule has 0 bridgehead atoms. The van der Waals surface area contributed by atoms with Crippen LogP contribution in [0.15, 0.2) is 0 Å². The summed E-state index contributed by atoms with van der Waals surface area (Å²) in [4.78, 5) is 26.6. The van der Waals surface area contributed by atoms with Crippen molar-refractivity contribution in [3.05, 3.63) is 0 Å². The lowest BCUT2D eigenvalue weighted by atomic mass is 9.94. The molecule has 2 saturated carbocycles. The molecule has 4 heteroatoms. The van der Waals surface area contributed by atoms with Crippen molar-refractivity contribution in [2.75, 3.05) is 13.1 Å². The molecule has 108 valence electrons. The first kappa shape index (κ1) is 14.4. The van der Waals surface area contributed by atoms with Gasteiger partial charge in [-0.3, -0.25) is 9.59 Å². The van der Waals surface area contributed by atoms with Gasteiger partial charge in [0.15, 0.2) is 0 Å². The molecule has 0 radical (unpaired) electrons. The van der Waals surface area contributed by atoms with Gasteiger partial charge in [-0.15, -0.1) is 0 Å². The molecule has 1 N–H and O–H groups in total. The normalized spacial score (nSPS) is 21.8. The number of carbonyl (C=O) groups is 2. The van der Waals surface area contributed by atoms with Crippen LogP contribution in [0.5, 0.6) is 0 Å². The molecule has 2 aliphatic rings. The van der Waals surface area contributed by atoms with Gasteiger partial charge in [0, 0.05) is 19.1 Å². The highest BCUT2D eigenvalue weighted by Crippen LogP contribution is 2.47. The molecule has 2 rings (SSSR count). The summed E-state index contributed by atoms with van der Waals surface area (Å²) in [5.74, 6) is 0.0158. The minimum absolute atomic E-state index is 0.0173. The molecule has 0 aliphatic heterocycles. The Morgan fingerprint density at radius 3 is 2.16 bits per heavy atom. The first-order valence-corrected chi connectivity index (χ1v) is 7.74. The molecule has 2 fully saturated rings. The highest BCUT2D eigenvalue weighted by atomic mass is 16.2. The molecule has 4 nitrogen and oxygen atoms in total. The second-order valence-electron chi connectivity index (χ2n) is 5.87. The standard InChI is InChI=1S/C15H26N2O2/c1-3-17(4-2)14(19)15(10-11-15)13(18)16-12-8-6-5-7-9-12/h12H,3-11H2,1-2H3,(H,16,18). The van der Waals surface area contributed by atoms with Crippen LogP contribution >= 0.6 is 0 Å². The summed E-state index contributed by atoms with van der Waals surface area (Å²) in [5, 5.41) is 3.12. The number of nitrogens with zero attached hydrogens (tertiary/aromatic N) is 1. The molecule has 0 aromatic carbocycles. The largest absolute Gasteiger partial charge is 0.352 e. The number of hydrogen-bond acceptors (Lipinski definition) is 2. The van der Waals surface area contributed by atoms with E-state index in [1.165, 1.54) is 19.3 Å². The fourth-order valence-electron chi connectivity index (χ4n) is 3.05. The van der Waals surface area contributed by atoms with Gasteiger partial charge in [-0.05, 0) is 39.5 Å². The SMILES string of the molecule is CCN(CC)C(=O)C1(C(=O)NC2CCCCC2)CC1. The zero-order valence-corrected chi connectivity index (χ0v) is 12.2. The second kappa shape index (κ2) is 5.93. The molecule has 0 atom stereocenters. The summed E-state index contributed by atoms with van der Waals surface area (Å²) in [7, 11) is 0. The second-order valence-corrected chi connectivity index (χ2v) is 5.87. The summed E-state index contributed by atoms with van der Waals surface area (Å²) in [6.45, 7) is 5.31. The lowest BCUT2D eigenvalue weighted by Crippen LogP contribution is -2.48. The molecular weight excluding hydrogens is 240 g/mol. The van der Waals surface area contributed by atoms with Gasteiger partial charge in [0.25, 0.3) is 0 Å². The van der Waals surface area contributed by atoms with Crippen LogP contribution in [-0.4, -0.2) is 35.8 Å². The molecule has 0 heterocycles. The van der Waals surface area contributed by atoms with E-state index in [1.54, 1.807) is 4.90 Å². The molecule has 2 amide bonds. The average molecular weight is 266 g/mol. The molecule has 0 spiro atoms. The molecule has 0 unspecified atom stereocenters. The van der Waals surface area contributed by atoms with E-state index in [9.17, 15) is 9.59 Å². The molecule has 0 aromatic heterocycles. The smallest absolute Gasteiger partial charge is 0.238 e. The number of carbonyl (C=O) groups excluding carboxylic acids is 2. The van der Waals surface area contributed by atoms with Crippen molar-refractivity contribution < 1.29 is 9.59 Å². The van der Waals surface area contributed by atoms with Crippen molar-refractivity contribution in [1.82, 2.24) is 10.2 Å². The maximum absolute atomic E-state index is 12.4. The third kappa shape index (κ3) is 2.93. The van der Waals surface area contributed by atoms with Crippen LogP contribution in [0.2, 0.25) is 0 Å². The maximum atomic E-state index is 12.4. The Balaban J connectivity index is 1.95. The number of amides is 2. The Bertz CT molecular complexity index is 340. The minimum Gasteiger partial charge on any atom is -0.352 e. The highest BCUT2D eigenvalue weighted by molar-refractivity contribution is 6.07. The highest BCUT2D eigenvalue weighted by Gasteiger charge is 2.57. The molecular formula is C15H26N2O2. The quantitative estimate of drug-likeness (QED) is 0.775. The summed E-state index contributed by atoms with van der Waals surface area (Å²) >= 11 is 0. The van der Waals surface area contributed by atoms with Crippen LogP contribution in [-0.2, 0) is 9.59 Å². The number of hydrogen-bond donors (Lipinski definition) is 1. The van der Waals surface area contributed by atoms with Crippen LogP contribution in [0.25, 0.3) is 0 Å². The van der Waals surface area contributed by atoms with Gasteiger partial charge in [-0.1, -0.05) is 19.3 Å². The Morgan fingerprint density at radius 2 is 1.68 bits per heavy atom. The van der Waals surface area contributed by atoms with Crippen LogP contribution in [0.3, 0.4) is 0 Å². The van der Waals surface area contributed by atoms with Crippen molar-refractivity contribution in [3.63, 3.8) is 0 Å². The summed E-state index contributed by atoms with van der Waals surface area (Å²) in [6, 6.07) is 0.295. The minimum atomic E-state index is -0.719. The lowest BCUT2D eigenvalue weighted by Gasteiger charge is -2.28. The topological polar surface area (TPSA) is 49.4 Å². The summed E-state index contributed by atoms with van der Waals surface area (Å²) in [6.07, 6.45) is 7.25. The van der Waals surface area contributed by atoms with Crippen LogP contribution in [0.1, 0.15) is 58.8 Å². The average Bonchev–Trinajstić information content (AvgIpc) is 3.22. The Kier molecular flexibility index (Phi) is 4.48. The van der Waals surface area contributed by atoms with Gasteiger partial charge in [0.2, 0.25) is 11.8 Å². The van der Waals surface area contributed by atoms with Gasteiger partial charge >= 0.3 is 0 Å². The third-order valence-corrected chi connectivity index (χ3v) is 4.59. The van der Waals surface area contributed by atoms with Gasteiger partial charge in [0.1, 0.15) is 5.41 Å². The molecule has 0 aromatic rings. The predicted molar refractivity (Wildman–Crippen MR) is 74.6 cm³/mol. The van der Waals surface area contributed by atoms with Gasteiger partial charge < -0.3 is 10.2 Å². The van der Waals surface area contributed by atoms with E-state index in [2.05, 4.69) is 5.32 Å². The predicted octanol–water partition coefficient (Wildman–Crippen LogP) is 2.08. The fourth-order valence-corrected chi connectivity index (χ4v) is 3.05. The van der Waals surface area contributed by atoms with Crippen molar-refractivity contribution >= 4 is 11.8 Å². The van der Waals surface area contributed by atoms with Crippen molar-refractivity contribution in [1.29, 1.82) is 0 Å². The van der Waals surface area contributed by atoms with Gasteiger partial charge in [-0.2, -0.15) is 0 Å². The Morgan fingerprint density at radius 1 is 1.11 bits per heavy atom. The molecule has 19 heavy (non-hydrogen) atoms.